The third-order valence-electron chi connectivity index (χ3n) is 2.99. The van der Waals surface area contributed by atoms with E-state index in [1.807, 2.05) is 4.90 Å². The van der Waals surface area contributed by atoms with Crippen molar-refractivity contribution in [2.45, 2.75) is 25.3 Å². The van der Waals surface area contributed by atoms with Crippen molar-refractivity contribution < 1.29 is 13.2 Å². The molecular formula is C12H13F3IN. The van der Waals surface area contributed by atoms with Crippen molar-refractivity contribution in [2.24, 2.45) is 0 Å². The number of alkyl halides is 2. The van der Waals surface area contributed by atoms with Crippen molar-refractivity contribution in [3.63, 3.8) is 0 Å². The maximum Gasteiger partial charge on any atom is 0.250 e. The van der Waals surface area contributed by atoms with Crippen molar-refractivity contribution in [1.82, 2.24) is 4.90 Å². The first-order valence-corrected chi connectivity index (χ1v) is 6.58. The molecule has 0 saturated carbocycles. The maximum atomic E-state index is 13.5. The summed E-state index contributed by atoms with van der Waals surface area (Å²) in [6.07, 6.45) is -0.253. The summed E-state index contributed by atoms with van der Waals surface area (Å²) in [4.78, 5) is 1.88. The molecule has 1 fully saturated rings. The fourth-order valence-electron chi connectivity index (χ4n) is 1.94. The number of hydrogen-bond acceptors (Lipinski definition) is 1. The van der Waals surface area contributed by atoms with Crippen molar-refractivity contribution in [3.05, 3.63) is 33.1 Å². The van der Waals surface area contributed by atoms with Gasteiger partial charge in [-0.3, -0.25) is 4.90 Å². The van der Waals surface area contributed by atoms with E-state index in [2.05, 4.69) is 22.6 Å². The molecule has 0 unspecified atom stereocenters. The third-order valence-corrected chi connectivity index (χ3v) is 3.66. The van der Waals surface area contributed by atoms with E-state index in [0.29, 0.717) is 25.2 Å². The van der Waals surface area contributed by atoms with Crippen LogP contribution in [0, 0.1) is 9.39 Å². The lowest BCUT2D eigenvalue weighted by atomic mass is 10.1. The summed E-state index contributed by atoms with van der Waals surface area (Å²) in [6.45, 7) is 1.08. The molecule has 1 heterocycles. The standard InChI is InChI=1S/C12H13F3IN/c13-11-2-1-10(16)7-9(11)8-17-5-3-12(14,15)4-6-17/h1-2,7H,3-6,8H2. The molecule has 17 heavy (non-hydrogen) atoms. The zero-order valence-electron chi connectivity index (χ0n) is 9.23. The second kappa shape index (κ2) is 5.14. The molecule has 1 saturated heterocycles. The van der Waals surface area contributed by atoms with Crippen molar-refractivity contribution in [2.75, 3.05) is 13.1 Å². The van der Waals surface area contributed by atoms with E-state index in [4.69, 9.17) is 0 Å². The van der Waals surface area contributed by atoms with Gasteiger partial charge in [0.25, 0.3) is 5.92 Å². The van der Waals surface area contributed by atoms with Crippen LogP contribution >= 0.6 is 22.6 Å². The van der Waals surface area contributed by atoms with E-state index in [1.165, 1.54) is 6.07 Å². The first-order chi connectivity index (χ1) is 7.96. The van der Waals surface area contributed by atoms with Crippen LogP contribution in [0.3, 0.4) is 0 Å². The molecule has 0 aliphatic carbocycles. The van der Waals surface area contributed by atoms with Gasteiger partial charge >= 0.3 is 0 Å². The SMILES string of the molecule is Fc1ccc(I)cc1CN1CCC(F)(F)CC1. The second-order valence-corrected chi connectivity index (χ2v) is 5.61. The number of likely N-dealkylation sites (tertiary alicyclic amines) is 1. The Hall–Kier alpha value is -0.300. The largest absolute Gasteiger partial charge is 0.299 e. The number of nitrogens with zero attached hydrogens (tertiary/aromatic N) is 1. The van der Waals surface area contributed by atoms with E-state index < -0.39 is 5.92 Å². The van der Waals surface area contributed by atoms with Gasteiger partial charge in [-0.05, 0) is 40.8 Å². The molecule has 1 nitrogen and oxygen atoms in total. The Bertz CT molecular complexity index is 399. The molecule has 1 aliphatic heterocycles. The van der Waals surface area contributed by atoms with Crippen LogP contribution in [-0.4, -0.2) is 23.9 Å². The quantitative estimate of drug-likeness (QED) is 0.732. The second-order valence-electron chi connectivity index (χ2n) is 4.37. The highest BCUT2D eigenvalue weighted by atomic mass is 127. The van der Waals surface area contributed by atoms with Gasteiger partial charge in [-0.1, -0.05) is 0 Å². The van der Waals surface area contributed by atoms with Crippen LogP contribution < -0.4 is 0 Å². The first kappa shape index (κ1) is 13.1. The van der Waals surface area contributed by atoms with Crippen LogP contribution in [-0.2, 0) is 6.54 Å². The summed E-state index contributed by atoms with van der Waals surface area (Å²) in [6, 6.07) is 4.89. The Morgan fingerprint density at radius 1 is 1.24 bits per heavy atom. The fourth-order valence-corrected chi connectivity index (χ4v) is 2.50. The Balaban J connectivity index is 2.00. The highest BCUT2D eigenvalue weighted by Gasteiger charge is 2.33. The number of piperidine rings is 1. The van der Waals surface area contributed by atoms with Gasteiger partial charge in [-0.25, -0.2) is 13.2 Å². The zero-order valence-corrected chi connectivity index (χ0v) is 11.4. The average molecular weight is 355 g/mol. The molecule has 1 aliphatic rings. The summed E-state index contributed by atoms with van der Waals surface area (Å²) in [5.74, 6) is -2.80. The van der Waals surface area contributed by atoms with Crippen molar-refractivity contribution in [1.29, 1.82) is 0 Å². The molecule has 0 N–H and O–H groups in total. The van der Waals surface area contributed by atoms with Crippen LogP contribution in [0.1, 0.15) is 18.4 Å². The van der Waals surface area contributed by atoms with Crippen molar-refractivity contribution >= 4 is 22.6 Å². The number of benzene rings is 1. The molecule has 1 aromatic rings. The van der Waals surface area contributed by atoms with Crippen LogP contribution in [0.4, 0.5) is 13.2 Å². The van der Waals surface area contributed by atoms with E-state index in [1.54, 1.807) is 12.1 Å². The minimum atomic E-state index is -2.54. The Morgan fingerprint density at radius 2 is 1.88 bits per heavy atom. The summed E-state index contributed by atoms with van der Waals surface area (Å²) in [5, 5.41) is 0. The fraction of sp³-hybridized carbons (Fsp3) is 0.500. The predicted molar refractivity (Wildman–Crippen MR) is 68.6 cm³/mol. The van der Waals surface area contributed by atoms with Gasteiger partial charge in [0.2, 0.25) is 0 Å². The van der Waals surface area contributed by atoms with Gasteiger partial charge in [0.05, 0.1) is 0 Å². The highest BCUT2D eigenvalue weighted by molar-refractivity contribution is 14.1. The van der Waals surface area contributed by atoms with Gasteiger partial charge in [0.15, 0.2) is 0 Å². The monoisotopic (exact) mass is 355 g/mol. The minimum absolute atomic E-state index is 0.126. The molecule has 0 amide bonds. The van der Waals surface area contributed by atoms with Gasteiger partial charge in [0, 0.05) is 41.6 Å². The Morgan fingerprint density at radius 3 is 2.53 bits per heavy atom. The van der Waals surface area contributed by atoms with Crippen LogP contribution in [0.25, 0.3) is 0 Å². The summed E-state index contributed by atoms with van der Waals surface area (Å²) in [5.41, 5.74) is 0.585. The number of halogens is 4. The minimum Gasteiger partial charge on any atom is -0.299 e. The average Bonchev–Trinajstić information content (AvgIpc) is 2.26. The van der Waals surface area contributed by atoms with Gasteiger partial charge in [-0.15, -0.1) is 0 Å². The van der Waals surface area contributed by atoms with Crippen LogP contribution in [0.2, 0.25) is 0 Å². The molecule has 0 spiro atoms. The molecule has 0 atom stereocenters. The Labute approximate surface area is 112 Å². The molecule has 0 bridgehead atoms. The smallest absolute Gasteiger partial charge is 0.250 e. The number of hydrogen-bond donors (Lipinski definition) is 0. The lowest BCUT2D eigenvalue weighted by molar-refractivity contribution is -0.0567. The molecule has 2 rings (SSSR count). The molecular weight excluding hydrogens is 342 g/mol. The molecule has 94 valence electrons. The predicted octanol–water partition coefficient (Wildman–Crippen LogP) is 3.66. The molecule has 0 aromatic heterocycles. The van der Waals surface area contributed by atoms with E-state index in [-0.39, 0.29) is 18.7 Å². The topological polar surface area (TPSA) is 3.24 Å². The van der Waals surface area contributed by atoms with Crippen LogP contribution in [0.15, 0.2) is 18.2 Å². The van der Waals surface area contributed by atoms with Gasteiger partial charge in [-0.2, -0.15) is 0 Å². The van der Waals surface area contributed by atoms with E-state index >= 15 is 0 Å². The normalized spacial score (nSPS) is 20.5. The van der Waals surface area contributed by atoms with Crippen LogP contribution in [0.5, 0.6) is 0 Å². The lowest BCUT2D eigenvalue weighted by Gasteiger charge is -2.31. The van der Waals surface area contributed by atoms with Gasteiger partial charge in [0.1, 0.15) is 5.82 Å². The van der Waals surface area contributed by atoms with Gasteiger partial charge < -0.3 is 0 Å². The number of rotatable bonds is 2. The summed E-state index contributed by atoms with van der Waals surface area (Å²) < 4.78 is 40.4. The van der Waals surface area contributed by atoms with E-state index in [9.17, 15) is 13.2 Å². The van der Waals surface area contributed by atoms with Crippen molar-refractivity contribution in [3.8, 4) is 0 Å². The lowest BCUT2D eigenvalue weighted by Crippen LogP contribution is -2.39. The first-order valence-electron chi connectivity index (χ1n) is 5.50. The maximum absolute atomic E-state index is 13.5. The highest BCUT2D eigenvalue weighted by Crippen LogP contribution is 2.28. The third kappa shape index (κ3) is 3.58. The summed E-state index contributed by atoms with van der Waals surface area (Å²) in [7, 11) is 0. The molecule has 0 radical (unpaired) electrons. The van der Waals surface area contributed by atoms with E-state index in [0.717, 1.165) is 3.57 Å². The Kier molecular flexibility index (Phi) is 3.97. The zero-order chi connectivity index (χ0) is 12.5. The molecule has 5 heteroatoms. The summed E-state index contributed by atoms with van der Waals surface area (Å²) >= 11 is 2.12. The molecule has 1 aromatic carbocycles.